The highest BCUT2D eigenvalue weighted by atomic mass is 16.5. The number of carbonyl (C=O) groups is 2. The van der Waals surface area contributed by atoms with Gasteiger partial charge in [0.15, 0.2) is 0 Å². The molecule has 0 aromatic heterocycles. The number of nitriles is 3. The SMILES string of the molecule is C=C(C)C(=O)OCCCc1cc(-c2ccc(-c3ccc(C4CCC(CCCCC)CC4)cc3)cc2CC)cc(CCCC#N)c1OCC(CC#N)(CC#N)COC(=O)C(=C)C. The molecular formula is C53H65N3O5. The summed E-state index contributed by atoms with van der Waals surface area (Å²) in [6, 6.07) is 26.7. The highest BCUT2D eigenvalue weighted by molar-refractivity contribution is 5.87. The van der Waals surface area contributed by atoms with Gasteiger partial charge in [0.25, 0.3) is 0 Å². The van der Waals surface area contributed by atoms with Crippen molar-refractivity contribution in [2.45, 2.75) is 136 Å². The van der Waals surface area contributed by atoms with Crippen LogP contribution in [0.4, 0.5) is 0 Å². The largest absolute Gasteiger partial charge is 0.492 e. The van der Waals surface area contributed by atoms with Crippen molar-refractivity contribution in [1.29, 1.82) is 15.8 Å². The van der Waals surface area contributed by atoms with E-state index in [0.29, 0.717) is 49.3 Å². The molecule has 3 aromatic carbocycles. The predicted octanol–water partition coefficient (Wildman–Crippen LogP) is 12.6. The average Bonchev–Trinajstić information content (AvgIpc) is 3.26. The van der Waals surface area contributed by atoms with Gasteiger partial charge in [-0.25, -0.2) is 9.59 Å². The van der Waals surface area contributed by atoms with Crippen LogP contribution in [0.15, 0.2) is 78.9 Å². The number of hydrogen-bond donors (Lipinski definition) is 0. The lowest BCUT2D eigenvalue weighted by Gasteiger charge is -2.30. The van der Waals surface area contributed by atoms with Gasteiger partial charge in [-0.05, 0) is 140 Å². The third kappa shape index (κ3) is 14.2. The Morgan fingerprint density at radius 3 is 1.90 bits per heavy atom. The highest BCUT2D eigenvalue weighted by Crippen LogP contribution is 2.40. The van der Waals surface area contributed by atoms with Crippen molar-refractivity contribution in [3.8, 4) is 46.2 Å². The molecule has 0 radical (unpaired) electrons. The number of aryl methyl sites for hydroxylation is 3. The van der Waals surface area contributed by atoms with Crippen LogP contribution >= 0.6 is 0 Å². The summed E-state index contributed by atoms with van der Waals surface area (Å²) in [4.78, 5) is 24.6. The Bertz CT molecular complexity index is 2070. The fraction of sp³-hybridized carbons (Fsp3) is 0.491. The molecule has 0 spiro atoms. The maximum atomic E-state index is 12.4. The van der Waals surface area contributed by atoms with Crippen molar-refractivity contribution in [3.63, 3.8) is 0 Å². The minimum absolute atomic E-state index is 0.0617. The molecule has 0 amide bonds. The number of unbranched alkanes of at least 4 members (excludes halogenated alkanes) is 3. The Balaban J connectivity index is 1.68. The molecule has 1 saturated carbocycles. The summed E-state index contributed by atoms with van der Waals surface area (Å²) in [6.45, 7) is 14.9. The number of ether oxygens (including phenoxy) is 3. The number of hydrogen-bond acceptors (Lipinski definition) is 8. The van der Waals surface area contributed by atoms with Crippen molar-refractivity contribution < 1.29 is 23.8 Å². The first-order valence-electron chi connectivity index (χ1n) is 22.3. The van der Waals surface area contributed by atoms with E-state index in [1.807, 2.05) is 0 Å². The van der Waals surface area contributed by atoms with Gasteiger partial charge in [0, 0.05) is 30.4 Å². The first kappa shape index (κ1) is 48.0. The zero-order valence-electron chi connectivity index (χ0n) is 37.1. The molecule has 8 heteroatoms. The van der Waals surface area contributed by atoms with E-state index in [-0.39, 0.29) is 38.2 Å². The van der Waals surface area contributed by atoms with Crippen LogP contribution in [-0.4, -0.2) is 31.8 Å². The zero-order valence-corrected chi connectivity index (χ0v) is 37.1. The van der Waals surface area contributed by atoms with Crippen LogP contribution in [-0.2, 0) is 38.3 Å². The van der Waals surface area contributed by atoms with E-state index in [1.54, 1.807) is 13.8 Å². The van der Waals surface area contributed by atoms with Gasteiger partial charge in [0.1, 0.15) is 12.4 Å². The Morgan fingerprint density at radius 1 is 0.705 bits per heavy atom. The molecule has 1 aliphatic carbocycles. The number of benzene rings is 3. The first-order valence-corrected chi connectivity index (χ1v) is 22.3. The lowest BCUT2D eigenvalue weighted by atomic mass is 9.77. The number of carbonyl (C=O) groups excluding carboxylic acids is 2. The molecule has 322 valence electrons. The summed E-state index contributed by atoms with van der Waals surface area (Å²) in [5.41, 5.74) is 8.30. The van der Waals surface area contributed by atoms with Crippen LogP contribution in [0.3, 0.4) is 0 Å². The normalized spacial score (nSPS) is 14.8. The van der Waals surface area contributed by atoms with Crippen LogP contribution in [0.2, 0.25) is 0 Å². The Labute approximate surface area is 365 Å². The van der Waals surface area contributed by atoms with Crippen molar-refractivity contribution in [3.05, 3.63) is 101 Å². The Hall–Kier alpha value is -5.65. The van der Waals surface area contributed by atoms with Crippen molar-refractivity contribution in [2.75, 3.05) is 19.8 Å². The fourth-order valence-corrected chi connectivity index (χ4v) is 8.35. The molecule has 0 heterocycles. The number of nitrogens with zero attached hydrogens (tertiary/aromatic N) is 3. The minimum Gasteiger partial charge on any atom is -0.492 e. The maximum absolute atomic E-state index is 12.4. The monoisotopic (exact) mass is 823 g/mol. The van der Waals surface area contributed by atoms with Crippen LogP contribution in [0.5, 0.6) is 5.75 Å². The van der Waals surface area contributed by atoms with Gasteiger partial charge in [-0.3, -0.25) is 0 Å². The molecule has 0 atom stereocenters. The topological polar surface area (TPSA) is 133 Å². The van der Waals surface area contributed by atoms with Crippen molar-refractivity contribution in [1.82, 2.24) is 0 Å². The second kappa shape index (κ2) is 24.6. The molecule has 4 rings (SSSR count). The van der Waals surface area contributed by atoms with Crippen molar-refractivity contribution >= 4 is 11.9 Å². The molecule has 0 N–H and O–H groups in total. The van der Waals surface area contributed by atoms with Gasteiger partial charge >= 0.3 is 11.9 Å². The van der Waals surface area contributed by atoms with Crippen molar-refractivity contribution in [2.24, 2.45) is 11.3 Å². The van der Waals surface area contributed by atoms with E-state index < -0.39 is 17.4 Å². The van der Waals surface area contributed by atoms with E-state index >= 15 is 0 Å². The molecular weight excluding hydrogens is 759 g/mol. The molecule has 0 bridgehead atoms. The molecule has 1 aliphatic rings. The van der Waals surface area contributed by atoms with Crippen LogP contribution in [0, 0.1) is 45.3 Å². The summed E-state index contributed by atoms with van der Waals surface area (Å²) in [7, 11) is 0. The average molecular weight is 824 g/mol. The van der Waals surface area contributed by atoms with Crippen LogP contribution in [0.1, 0.15) is 139 Å². The molecule has 0 aliphatic heterocycles. The summed E-state index contributed by atoms with van der Waals surface area (Å²) < 4.78 is 17.6. The smallest absolute Gasteiger partial charge is 0.333 e. The molecule has 3 aromatic rings. The molecule has 0 unspecified atom stereocenters. The summed E-state index contributed by atoms with van der Waals surface area (Å²) >= 11 is 0. The summed E-state index contributed by atoms with van der Waals surface area (Å²) in [5.74, 6) is 1.07. The van der Waals surface area contributed by atoms with Gasteiger partial charge in [0.2, 0.25) is 0 Å². The second-order valence-corrected chi connectivity index (χ2v) is 17.0. The van der Waals surface area contributed by atoms with Gasteiger partial charge in [-0.1, -0.05) is 95.2 Å². The third-order valence-corrected chi connectivity index (χ3v) is 12.0. The Morgan fingerprint density at radius 2 is 1.31 bits per heavy atom. The molecule has 0 saturated heterocycles. The second-order valence-electron chi connectivity index (χ2n) is 17.0. The van der Waals surface area contributed by atoms with E-state index in [2.05, 4.69) is 99.8 Å². The van der Waals surface area contributed by atoms with Gasteiger partial charge < -0.3 is 14.2 Å². The highest BCUT2D eigenvalue weighted by Gasteiger charge is 2.34. The molecule has 1 fully saturated rings. The van der Waals surface area contributed by atoms with E-state index in [0.717, 1.165) is 34.6 Å². The quantitative estimate of drug-likeness (QED) is 0.0495. The van der Waals surface area contributed by atoms with E-state index in [1.165, 1.54) is 73.6 Å². The summed E-state index contributed by atoms with van der Waals surface area (Å²) in [5, 5.41) is 29.1. The van der Waals surface area contributed by atoms with E-state index in [9.17, 15) is 25.4 Å². The third-order valence-electron chi connectivity index (χ3n) is 12.0. The van der Waals surface area contributed by atoms with Gasteiger partial charge in [-0.2, -0.15) is 15.8 Å². The lowest BCUT2D eigenvalue weighted by Crippen LogP contribution is -2.35. The number of esters is 2. The maximum Gasteiger partial charge on any atom is 0.333 e. The molecule has 61 heavy (non-hydrogen) atoms. The fourth-order valence-electron chi connectivity index (χ4n) is 8.35. The zero-order chi connectivity index (χ0) is 44.2. The minimum atomic E-state index is -1.09. The van der Waals surface area contributed by atoms with Crippen LogP contribution in [0.25, 0.3) is 22.3 Å². The van der Waals surface area contributed by atoms with Gasteiger partial charge in [0.05, 0.1) is 36.8 Å². The summed E-state index contributed by atoms with van der Waals surface area (Å²) in [6.07, 6.45) is 13.8. The first-order chi connectivity index (χ1) is 29.5. The van der Waals surface area contributed by atoms with Crippen LogP contribution < -0.4 is 4.74 Å². The predicted molar refractivity (Wildman–Crippen MR) is 242 cm³/mol. The van der Waals surface area contributed by atoms with Gasteiger partial charge in [-0.15, -0.1) is 0 Å². The number of rotatable bonds is 24. The molecule has 8 nitrogen and oxygen atoms in total. The standard InChI is InChI=1S/C53H65N3O5/c1-7-9-10-14-40-17-19-42(20-18-40)43-21-23-44(24-22-43)45-25-26-49(41(8-2)33-45)48-34-46(15-11-12-29-54)50(47(35-48)16-13-32-59-51(57)38(3)4)60-36-53(27-30-55,28-31-56)37-61-52(58)39(5)6/h21-26,33-35,40,42H,3,5,7-20,27-28,32,36-37H2,1-2,4,6H3. The lowest BCUT2D eigenvalue weighted by molar-refractivity contribution is -0.143. The van der Waals surface area contributed by atoms with E-state index in [4.69, 9.17) is 14.2 Å². The Kier molecular flexibility index (Phi) is 19.3.